The van der Waals surface area contributed by atoms with Gasteiger partial charge in [-0.25, -0.2) is 4.79 Å². The summed E-state index contributed by atoms with van der Waals surface area (Å²) in [5.41, 5.74) is 2.18. The Morgan fingerprint density at radius 2 is 1.85 bits per heavy atom. The number of esters is 1. The van der Waals surface area contributed by atoms with Crippen molar-refractivity contribution < 1.29 is 14.3 Å². The quantitative estimate of drug-likeness (QED) is 0.469. The number of halogens is 1. The number of benzene rings is 2. The molecule has 5 nitrogen and oxygen atoms in total. The summed E-state index contributed by atoms with van der Waals surface area (Å²) in [6.07, 6.45) is 1.95. The number of rotatable bonds is 5. The lowest BCUT2D eigenvalue weighted by atomic mass is 10.0. The van der Waals surface area contributed by atoms with Crippen LogP contribution < -0.4 is 5.32 Å². The highest BCUT2D eigenvalue weighted by Gasteiger charge is 2.24. The van der Waals surface area contributed by atoms with Gasteiger partial charge in [0.1, 0.15) is 6.04 Å². The maximum absolute atomic E-state index is 12.8. The summed E-state index contributed by atoms with van der Waals surface area (Å²) >= 11 is 2.21. The predicted octanol–water partition coefficient (Wildman–Crippen LogP) is 3.35. The van der Waals surface area contributed by atoms with Crippen LogP contribution in [0.2, 0.25) is 0 Å². The largest absolute Gasteiger partial charge is 0.467 e. The van der Waals surface area contributed by atoms with Crippen LogP contribution in [0.5, 0.6) is 0 Å². The molecule has 0 aliphatic heterocycles. The minimum atomic E-state index is -0.768. The molecular formula is C20H17IN2O3. The first-order valence-electron chi connectivity index (χ1n) is 8.06. The number of carbonyl (C=O) groups is 2. The lowest BCUT2D eigenvalue weighted by molar-refractivity contribution is -0.142. The van der Waals surface area contributed by atoms with Crippen molar-refractivity contribution in [3.8, 4) is 0 Å². The minimum absolute atomic E-state index is 0.329. The van der Waals surface area contributed by atoms with Crippen LogP contribution in [0.1, 0.15) is 15.9 Å². The number of methoxy groups -OCH3 is 1. The van der Waals surface area contributed by atoms with E-state index in [1.807, 2.05) is 48.5 Å². The third-order valence-corrected chi connectivity index (χ3v) is 5.12. The fraction of sp³-hybridized carbons (Fsp3) is 0.150. The molecule has 3 rings (SSSR count). The summed E-state index contributed by atoms with van der Waals surface area (Å²) in [6, 6.07) is 16.0. The van der Waals surface area contributed by atoms with Gasteiger partial charge < -0.3 is 10.1 Å². The molecule has 0 unspecified atom stereocenters. The molecule has 0 saturated carbocycles. The molecular weight excluding hydrogens is 443 g/mol. The topological polar surface area (TPSA) is 68.3 Å². The second-order valence-corrected chi connectivity index (χ2v) is 6.88. The molecule has 0 aliphatic carbocycles. The Balaban J connectivity index is 1.88. The van der Waals surface area contributed by atoms with Crippen molar-refractivity contribution in [2.75, 3.05) is 7.11 Å². The van der Waals surface area contributed by atoms with Gasteiger partial charge in [0.15, 0.2) is 0 Å². The van der Waals surface area contributed by atoms with Crippen LogP contribution >= 0.6 is 22.6 Å². The van der Waals surface area contributed by atoms with Gasteiger partial charge in [-0.2, -0.15) is 0 Å². The van der Waals surface area contributed by atoms with Crippen LogP contribution in [0.4, 0.5) is 0 Å². The van der Waals surface area contributed by atoms with E-state index in [4.69, 9.17) is 4.74 Å². The third-order valence-electron chi connectivity index (χ3n) is 4.07. The molecule has 1 amide bonds. The molecule has 6 heteroatoms. The molecule has 2 aromatic carbocycles. The van der Waals surface area contributed by atoms with Crippen molar-refractivity contribution in [2.45, 2.75) is 12.5 Å². The van der Waals surface area contributed by atoms with E-state index in [0.717, 1.165) is 20.0 Å². The zero-order valence-electron chi connectivity index (χ0n) is 14.1. The van der Waals surface area contributed by atoms with E-state index in [1.54, 1.807) is 12.3 Å². The van der Waals surface area contributed by atoms with Crippen LogP contribution in [0, 0.1) is 3.57 Å². The number of aromatic nitrogens is 1. The van der Waals surface area contributed by atoms with Crippen LogP contribution in [0.15, 0.2) is 60.8 Å². The molecule has 1 atom stereocenters. The van der Waals surface area contributed by atoms with Crippen molar-refractivity contribution in [1.29, 1.82) is 0 Å². The summed E-state index contributed by atoms with van der Waals surface area (Å²) in [6.45, 7) is 0. The van der Waals surface area contributed by atoms with E-state index in [2.05, 4.69) is 32.9 Å². The van der Waals surface area contributed by atoms with Crippen molar-refractivity contribution >= 4 is 45.4 Å². The van der Waals surface area contributed by atoms with E-state index in [9.17, 15) is 9.59 Å². The number of pyridine rings is 1. The summed E-state index contributed by atoms with van der Waals surface area (Å²) < 4.78 is 5.91. The van der Waals surface area contributed by atoms with E-state index < -0.39 is 12.0 Å². The Kier molecular flexibility index (Phi) is 5.82. The van der Waals surface area contributed by atoms with Gasteiger partial charge in [-0.3, -0.25) is 9.78 Å². The maximum atomic E-state index is 12.8. The highest BCUT2D eigenvalue weighted by molar-refractivity contribution is 14.1. The summed E-state index contributed by atoms with van der Waals surface area (Å²) in [5.74, 6) is -0.804. The van der Waals surface area contributed by atoms with Gasteiger partial charge in [0.05, 0.1) is 18.2 Å². The Bertz CT molecular complexity index is 953. The number of fused-ring (bicyclic) bond motifs is 1. The Hall–Kier alpha value is -2.48. The lowest BCUT2D eigenvalue weighted by Crippen LogP contribution is -2.43. The number of para-hydroxylation sites is 1. The van der Waals surface area contributed by atoms with Crippen LogP contribution in [-0.4, -0.2) is 30.0 Å². The summed E-state index contributed by atoms with van der Waals surface area (Å²) in [5, 5.41) is 3.55. The number of amides is 1. The number of hydrogen-bond acceptors (Lipinski definition) is 4. The average molecular weight is 460 g/mol. The van der Waals surface area contributed by atoms with Gasteiger partial charge in [-0.1, -0.05) is 36.4 Å². The number of nitrogens with one attached hydrogen (secondary N) is 1. The highest BCUT2D eigenvalue weighted by atomic mass is 127. The first kappa shape index (κ1) is 18.3. The van der Waals surface area contributed by atoms with Crippen molar-refractivity contribution in [1.82, 2.24) is 10.3 Å². The van der Waals surface area contributed by atoms with E-state index >= 15 is 0 Å². The molecule has 1 aromatic heterocycles. The second-order valence-electron chi connectivity index (χ2n) is 5.72. The number of hydrogen-bond donors (Lipinski definition) is 1. The van der Waals surface area contributed by atoms with Gasteiger partial charge in [0, 0.05) is 21.6 Å². The predicted molar refractivity (Wildman–Crippen MR) is 108 cm³/mol. The van der Waals surface area contributed by atoms with Gasteiger partial charge in [-0.15, -0.1) is 0 Å². The zero-order valence-corrected chi connectivity index (χ0v) is 16.3. The molecule has 132 valence electrons. The fourth-order valence-corrected chi connectivity index (χ4v) is 3.36. The maximum Gasteiger partial charge on any atom is 0.328 e. The lowest BCUT2D eigenvalue weighted by Gasteiger charge is -2.18. The molecule has 1 heterocycles. The second kappa shape index (κ2) is 8.27. The molecule has 26 heavy (non-hydrogen) atoms. The molecule has 0 spiro atoms. The van der Waals surface area contributed by atoms with Gasteiger partial charge in [0.25, 0.3) is 5.91 Å². The number of carbonyl (C=O) groups excluding carboxylic acids is 2. The highest BCUT2D eigenvalue weighted by Crippen LogP contribution is 2.18. The Morgan fingerprint density at radius 1 is 1.12 bits per heavy atom. The van der Waals surface area contributed by atoms with Crippen LogP contribution in [0.25, 0.3) is 10.9 Å². The first-order valence-corrected chi connectivity index (χ1v) is 9.14. The van der Waals surface area contributed by atoms with Gasteiger partial charge in [0.2, 0.25) is 0 Å². The van der Waals surface area contributed by atoms with E-state index in [0.29, 0.717) is 12.0 Å². The molecule has 0 saturated heterocycles. The van der Waals surface area contributed by atoms with Gasteiger partial charge >= 0.3 is 5.97 Å². The van der Waals surface area contributed by atoms with Crippen LogP contribution in [-0.2, 0) is 16.0 Å². The monoisotopic (exact) mass is 460 g/mol. The number of nitrogens with zero attached hydrogens (tertiary/aromatic N) is 1. The van der Waals surface area contributed by atoms with Crippen molar-refractivity contribution in [3.63, 3.8) is 0 Å². The number of ether oxygens (including phenoxy) is 1. The standard InChI is InChI=1S/C20H17IN2O3/c1-26-20(25)18(12-13-6-2-4-8-16(13)21)23-19(24)15-10-11-22-17-9-5-3-7-14(15)17/h2-11,18H,12H2,1H3,(H,23,24)/t18-/m1/s1. The summed E-state index contributed by atoms with van der Waals surface area (Å²) in [4.78, 5) is 29.3. The molecule has 0 bridgehead atoms. The minimum Gasteiger partial charge on any atom is -0.467 e. The van der Waals surface area contributed by atoms with Crippen molar-refractivity contribution in [2.24, 2.45) is 0 Å². The SMILES string of the molecule is COC(=O)[C@@H](Cc1ccccc1I)NC(=O)c1ccnc2ccccc12. The summed E-state index contributed by atoms with van der Waals surface area (Å²) in [7, 11) is 1.32. The fourth-order valence-electron chi connectivity index (χ4n) is 2.75. The third kappa shape index (κ3) is 4.01. The molecule has 1 N–H and O–H groups in total. The Morgan fingerprint density at radius 3 is 2.62 bits per heavy atom. The average Bonchev–Trinajstić information content (AvgIpc) is 2.67. The zero-order chi connectivity index (χ0) is 18.5. The normalized spacial score (nSPS) is 11.8. The molecule has 0 aliphatic rings. The first-order chi connectivity index (χ1) is 12.6. The van der Waals surface area contributed by atoms with Crippen LogP contribution in [0.3, 0.4) is 0 Å². The Labute approximate surface area is 164 Å². The van der Waals surface area contributed by atoms with Gasteiger partial charge in [-0.05, 0) is 46.4 Å². The van der Waals surface area contributed by atoms with E-state index in [1.165, 1.54) is 7.11 Å². The van der Waals surface area contributed by atoms with Crippen molar-refractivity contribution in [3.05, 3.63) is 75.5 Å². The molecule has 0 fully saturated rings. The molecule has 0 radical (unpaired) electrons. The van der Waals surface area contributed by atoms with E-state index in [-0.39, 0.29) is 5.91 Å². The molecule has 3 aromatic rings. The smallest absolute Gasteiger partial charge is 0.328 e.